The lowest BCUT2D eigenvalue weighted by molar-refractivity contribution is -0.141. The highest BCUT2D eigenvalue weighted by atomic mass is 16.2. The van der Waals surface area contributed by atoms with E-state index in [1.807, 2.05) is 66.7 Å². The van der Waals surface area contributed by atoms with E-state index >= 15 is 0 Å². The number of rotatable bonds is 19. The molecule has 50 heavy (non-hydrogen) atoms. The van der Waals surface area contributed by atoms with Gasteiger partial charge in [-0.25, -0.2) is 0 Å². The van der Waals surface area contributed by atoms with Crippen LogP contribution in [-0.2, 0) is 54.5 Å². The van der Waals surface area contributed by atoms with E-state index in [4.69, 9.17) is 5.73 Å². The summed E-state index contributed by atoms with van der Waals surface area (Å²) in [7, 11) is 0. The van der Waals surface area contributed by atoms with Gasteiger partial charge in [-0.2, -0.15) is 0 Å². The lowest BCUT2D eigenvalue weighted by Crippen LogP contribution is -2.52. The quantitative estimate of drug-likeness (QED) is 0.128. The predicted molar refractivity (Wildman–Crippen MR) is 188 cm³/mol. The van der Waals surface area contributed by atoms with Gasteiger partial charge in [0.2, 0.25) is 17.6 Å². The third kappa shape index (κ3) is 11.7. The number of pyridine rings is 1. The molecule has 4 aromatic rings. The van der Waals surface area contributed by atoms with E-state index in [9.17, 15) is 28.8 Å². The first-order valence-corrected chi connectivity index (χ1v) is 16.6. The molecular formula is C40H42N4O6. The van der Waals surface area contributed by atoms with Crippen LogP contribution in [0, 0.1) is 11.8 Å². The first-order valence-electron chi connectivity index (χ1n) is 16.6. The molecule has 0 spiro atoms. The van der Waals surface area contributed by atoms with Crippen LogP contribution in [0.3, 0.4) is 0 Å². The molecule has 258 valence electrons. The Bertz CT molecular complexity index is 1750. The standard InChI is InChI=1S/C40H42N4O6/c1-27(43-39(49)32(24-33-19-11-12-20-42-33)25-34(45)22-29-15-7-3-8-16-29)37(47)40(50)44-35(23-30-17-9-4-10-18-30)36(46)26-31(38(41)48)21-28-13-5-2-6-14-28/h2-20,27,31-32,35H,21-26H2,1H3,(H2,41,48)(H,43,49)(H,44,50)/t27?,31-,32-,35+/m1/s1. The Morgan fingerprint density at radius 1 is 0.640 bits per heavy atom. The topological polar surface area (TPSA) is 165 Å². The van der Waals surface area contributed by atoms with Gasteiger partial charge in [0.05, 0.1) is 18.0 Å². The monoisotopic (exact) mass is 674 g/mol. The van der Waals surface area contributed by atoms with E-state index in [2.05, 4.69) is 15.6 Å². The van der Waals surface area contributed by atoms with Gasteiger partial charge in [-0.1, -0.05) is 97.1 Å². The molecule has 0 saturated carbocycles. The number of primary amides is 1. The Labute approximate surface area is 291 Å². The molecule has 3 aromatic carbocycles. The Hall–Kier alpha value is -5.77. The number of amides is 3. The van der Waals surface area contributed by atoms with Crippen LogP contribution in [0.4, 0.5) is 0 Å². The van der Waals surface area contributed by atoms with Gasteiger partial charge in [0.1, 0.15) is 5.78 Å². The minimum Gasteiger partial charge on any atom is -0.369 e. The number of nitrogens with zero attached hydrogens (tertiary/aromatic N) is 1. The van der Waals surface area contributed by atoms with Crippen molar-refractivity contribution in [1.82, 2.24) is 15.6 Å². The molecule has 1 unspecified atom stereocenters. The summed E-state index contributed by atoms with van der Waals surface area (Å²) in [6.45, 7) is 1.38. The molecule has 0 fully saturated rings. The van der Waals surface area contributed by atoms with Crippen molar-refractivity contribution in [2.45, 2.75) is 57.5 Å². The van der Waals surface area contributed by atoms with Gasteiger partial charge >= 0.3 is 0 Å². The molecule has 3 amide bonds. The molecule has 0 aliphatic carbocycles. The summed E-state index contributed by atoms with van der Waals surface area (Å²) in [6, 6.07) is 30.1. The molecule has 4 rings (SSSR count). The van der Waals surface area contributed by atoms with Crippen LogP contribution < -0.4 is 16.4 Å². The molecule has 10 heteroatoms. The van der Waals surface area contributed by atoms with E-state index in [0.717, 1.165) is 16.7 Å². The molecule has 0 bridgehead atoms. The first-order chi connectivity index (χ1) is 24.1. The number of nitrogens with one attached hydrogen (secondary N) is 2. The second-order valence-electron chi connectivity index (χ2n) is 12.4. The number of aromatic nitrogens is 1. The normalized spacial score (nSPS) is 13.2. The third-order valence-electron chi connectivity index (χ3n) is 8.40. The first kappa shape index (κ1) is 37.1. The van der Waals surface area contributed by atoms with E-state index in [1.54, 1.807) is 48.7 Å². The van der Waals surface area contributed by atoms with Crippen LogP contribution in [0.2, 0.25) is 0 Å². The van der Waals surface area contributed by atoms with Crippen LogP contribution in [0.5, 0.6) is 0 Å². The van der Waals surface area contributed by atoms with E-state index in [0.29, 0.717) is 5.69 Å². The number of ketones is 3. The summed E-state index contributed by atoms with van der Waals surface area (Å²) in [6.07, 6.45) is 1.86. The second kappa shape index (κ2) is 18.7. The van der Waals surface area contributed by atoms with Crippen molar-refractivity contribution >= 4 is 35.1 Å². The van der Waals surface area contributed by atoms with Crippen LogP contribution in [0.1, 0.15) is 42.1 Å². The minimum atomic E-state index is -1.26. The fraction of sp³-hybridized carbons (Fsp3) is 0.275. The lowest BCUT2D eigenvalue weighted by Gasteiger charge is -2.22. The maximum absolute atomic E-state index is 13.6. The third-order valence-corrected chi connectivity index (χ3v) is 8.40. The average Bonchev–Trinajstić information content (AvgIpc) is 3.12. The predicted octanol–water partition coefficient (Wildman–Crippen LogP) is 3.55. The largest absolute Gasteiger partial charge is 0.369 e. The molecule has 1 aromatic heterocycles. The highest BCUT2D eigenvalue weighted by Crippen LogP contribution is 2.17. The number of carbonyl (C=O) groups is 6. The molecule has 0 aliphatic heterocycles. The molecule has 0 aliphatic rings. The van der Waals surface area contributed by atoms with Crippen LogP contribution in [0.25, 0.3) is 0 Å². The molecule has 4 N–H and O–H groups in total. The molecule has 0 saturated heterocycles. The van der Waals surface area contributed by atoms with Gasteiger partial charge in [0.25, 0.3) is 5.91 Å². The highest BCUT2D eigenvalue weighted by Gasteiger charge is 2.32. The smallest absolute Gasteiger partial charge is 0.290 e. The SMILES string of the molecule is CC(NC(=O)[C@@H](CC(=O)Cc1ccccc1)Cc1ccccn1)C(=O)C(=O)N[C@@H](Cc1ccccc1)C(=O)C[C@@H](Cc1ccccc1)C(N)=O. The molecule has 10 nitrogen and oxygen atoms in total. The van der Waals surface area contributed by atoms with Crippen molar-refractivity contribution in [3.05, 3.63) is 138 Å². The Balaban J connectivity index is 1.44. The maximum Gasteiger partial charge on any atom is 0.290 e. The number of hydrogen-bond acceptors (Lipinski definition) is 7. The van der Waals surface area contributed by atoms with Crippen molar-refractivity contribution in [3.8, 4) is 0 Å². The summed E-state index contributed by atoms with van der Waals surface area (Å²) in [5, 5.41) is 5.15. The summed E-state index contributed by atoms with van der Waals surface area (Å²) in [5.41, 5.74) is 8.64. The maximum atomic E-state index is 13.6. The number of nitrogens with two attached hydrogens (primary N) is 1. The lowest BCUT2D eigenvalue weighted by atomic mass is 9.89. The Morgan fingerprint density at radius 2 is 1.20 bits per heavy atom. The van der Waals surface area contributed by atoms with Gasteiger partial charge in [-0.05, 0) is 48.6 Å². The highest BCUT2D eigenvalue weighted by molar-refractivity contribution is 6.38. The number of Topliss-reactive ketones (excluding diaryl/α,β-unsaturated/α-hetero) is 3. The zero-order valence-electron chi connectivity index (χ0n) is 28.0. The van der Waals surface area contributed by atoms with Crippen LogP contribution in [-0.4, -0.2) is 52.1 Å². The molecule has 1 heterocycles. The van der Waals surface area contributed by atoms with Crippen molar-refractivity contribution in [1.29, 1.82) is 0 Å². The Morgan fingerprint density at radius 3 is 1.76 bits per heavy atom. The van der Waals surface area contributed by atoms with Crippen LogP contribution >= 0.6 is 0 Å². The number of benzene rings is 3. The Kier molecular flexibility index (Phi) is 13.8. The van der Waals surface area contributed by atoms with E-state index < -0.39 is 53.2 Å². The average molecular weight is 675 g/mol. The van der Waals surface area contributed by atoms with Crippen molar-refractivity contribution in [2.24, 2.45) is 17.6 Å². The van der Waals surface area contributed by atoms with Crippen molar-refractivity contribution < 1.29 is 28.8 Å². The van der Waals surface area contributed by atoms with Gasteiger partial charge in [0, 0.05) is 43.5 Å². The number of carbonyl (C=O) groups excluding carboxylic acids is 6. The number of hydrogen-bond donors (Lipinski definition) is 3. The summed E-state index contributed by atoms with van der Waals surface area (Å²) in [5.74, 6) is -5.54. The van der Waals surface area contributed by atoms with Gasteiger partial charge < -0.3 is 16.4 Å². The molecule has 4 atom stereocenters. The molecular weight excluding hydrogens is 632 g/mol. The summed E-state index contributed by atoms with van der Waals surface area (Å²) < 4.78 is 0. The molecule has 0 radical (unpaired) electrons. The van der Waals surface area contributed by atoms with Crippen molar-refractivity contribution in [2.75, 3.05) is 0 Å². The van der Waals surface area contributed by atoms with Gasteiger partial charge in [0.15, 0.2) is 5.78 Å². The summed E-state index contributed by atoms with van der Waals surface area (Å²) >= 11 is 0. The van der Waals surface area contributed by atoms with E-state index in [-0.39, 0.29) is 44.3 Å². The van der Waals surface area contributed by atoms with Gasteiger partial charge in [-0.3, -0.25) is 33.8 Å². The fourth-order valence-corrected chi connectivity index (χ4v) is 5.67. The second-order valence-corrected chi connectivity index (χ2v) is 12.4. The van der Waals surface area contributed by atoms with E-state index in [1.165, 1.54) is 6.92 Å². The minimum absolute atomic E-state index is 0.0753. The van der Waals surface area contributed by atoms with Gasteiger partial charge in [-0.15, -0.1) is 0 Å². The zero-order chi connectivity index (χ0) is 35.9. The zero-order valence-corrected chi connectivity index (χ0v) is 28.0. The van der Waals surface area contributed by atoms with Crippen LogP contribution in [0.15, 0.2) is 115 Å². The fourth-order valence-electron chi connectivity index (χ4n) is 5.67. The summed E-state index contributed by atoms with van der Waals surface area (Å²) in [4.78, 5) is 83.4. The van der Waals surface area contributed by atoms with Crippen molar-refractivity contribution in [3.63, 3.8) is 0 Å².